The van der Waals surface area contributed by atoms with Gasteiger partial charge < -0.3 is 19.9 Å². The molecule has 2 N–H and O–H groups in total. The van der Waals surface area contributed by atoms with Crippen molar-refractivity contribution in [1.82, 2.24) is 24.9 Å². The van der Waals surface area contributed by atoms with Crippen molar-refractivity contribution in [2.24, 2.45) is 0 Å². The van der Waals surface area contributed by atoms with E-state index in [1.54, 1.807) is 0 Å². The Bertz CT molecular complexity index is 1010. The summed E-state index contributed by atoms with van der Waals surface area (Å²) < 4.78 is 46.6. The van der Waals surface area contributed by atoms with Crippen molar-refractivity contribution in [3.05, 3.63) is 40.2 Å². The number of ether oxygens (including phenoxy) is 1. The highest BCUT2D eigenvalue weighted by Crippen LogP contribution is 2.38. The van der Waals surface area contributed by atoms with Gasteiger partial charge in [0.2, 0.25) is 5.91 Å². The first-order valence-electron chi connectivity index (χ1n) is 11.5. The lowest BCUT2D eigenvalue weighted by molar-refractivity contribution is -0.143. The van der Waals surface area contributed by atoms with E-state index in [9.17, 15) is 18.0 Å². The summed E-state index contributed by atoms with van der Waals surface area (Å²) >= 11 is 6.05. The normalized spacial score (nSPS) is 15.3. The first kappa shape index (κ1) is 27.1. The summed E-state index contributed by atoms with van der Waals surface area (Å²) in [4.78, 5) is 18.8. The zero-order valence-corrected chi connectivity index (χ0v) is 21.1. The summed E-state index contributed by atoms with van der Waals surface area (Å²) in [6, 6.07) is 4.76. The van der Waals surface area contributed by atoms with E-state index in [1.165, 1.54) is 11.8 Å². The molecular weight excluding hydrogens is 485 g/mol. The Morgan fingerprint density at radius 1 is 1.34 bits per heavy atom. The van der Waals surface area contributed by atoms with E-state index in [2.05, 4.69) is 27.3 Å². The van der Waals surface area contributed by atoms with Gasteiger partial charge in [-0.25, -0.2) is 0 Å². The molecule has 2 heterocycles. The summed E-state index contributed by atoms with van der Waals surface area (Å²) in [5, 5.41) is 8.44. The molecule has 1 unspecified atom stereocenters. The lowest BCUT2D eigenvalue weighted by Crippen LogP contribution is -2.41. The van der Waals surface area contributed by atoms with Crippen LogP contribution < -0.4 is 10.1 Å². The second kappa shape index (κ2) is 11.5. The fraction of sp³-hybridized carbons (Fsp3) is 0.565. The molecule has 1 atom stereocenters. The molecule has 1 aromatic carbocycles. The Morgan fingerprint density at radius 2 is 2.09 bits per heavy atom. The van der Waals surface area contributed by atoms with E-state index < -0.39 is 17.9 Å². The fourth-order valence-electron chi connectivity index (χ4n) is 4.08. The molecule has 1 amide bonds. The van der Waals surface area contributed by atoms with Crippen molar-refractivity contribution >= 4 is 23.2 Å². The molecule has 12 heteroatoms. The number of carbonyl (C=O) groups is 1. The van der Waals surface area contributed by atoms with Crippen molar-refractivity contribution in [1.29, 1.82) is 0 Å². The molecule has 35 heavy (non-hydrogen) atoms. The Kier molecular flexibility index (Phi) is 8.89. The zero-order chi connectivity index (χ0) is 25.8. The number of fused-ring (bicyclic) bond motifs is 1. The predicted octanol–water partition coefficient (Wildman–Crippen LogP) is 3.86. The van der Waals surface area contributed by atoms with Crippen LogP contribution in [0, 0.1) is 0 Å². The first-order chi connectivity index (χ1) is 16.5. The fourth-order valence-corrected chi connectivity index (χ4v) is 4.37. The minimum atomic E-state index is -4.70. The average molecular weight is 517 g/mol. The number of carbonyl (C=O) groups excluding carboxylic acids is 1. The molecule has 3 rings (SSSR count). The molecule has 1 aliphatic heterocycles. The number of halogens is 4. The third-order valence-corrected chi connectivity index (χ3v) is 6.33. The standard InChI is InChI=1S/C23H32ClF3N6O2/c1-5-32-11-12-35-20-16(14-32)7-6-8-17(20)28-13-18(34)33(10-9-31(3)4)15(2)19-21(23(25,26)27)29-30-22(19)24/h6-8,15,28H,5,9-14H2,1-4H3,(H,29,30). The number of likely N-dealkylation sites (N-methyl/N-ethyl adjacent to an activating group) is 2. The van der Waals surface area contributed by atoms with Gasteiger partial charge in [-0.3, -0.25) is 14.8 Å². The summed E-state index contributed by atoms with van der Waals surface area (Å²) in [6.07, 6.45) is -4.70. The van der Waals surface area contributed by atoms with Gasteiger partial charge in [-0.2, -0.15) is 18.3 Å². The summed E-state index contributed by atoms with van der Waals surface area (Å²) in [5.74, 6) is 0.326. The Balaban J connectivity index is 1.82. The van der Waals surface area contributed by atoms with E-state index >= 15 is 0 Å². The molecule has 1 aliphatic rings. The number of para-hydroxylation sites is 1. The molecule has 0 saturated carbocycles. The second-order valence-electron chi connectivity index (χ2n) is 8.73. The van der Waals surface area contributed by atoms with Crippen molar-refractivity contribution in [2.45, 2.75) is 32.6 Å². The number of aromatic nitrogens is 2. The van der Waals surface area contributed by atoms with Gasteiger partial charge in [0.05, 0.1) is 18.3 Å². The molecule has 0 radical (unpaired) electrons. The van der Waals surface area contributed by atoms with Gasteiger partial charge in [0.1, 0.15) is 17.5 Å². The number of alkyl halides is 3. The monoisotopic (exact) mass is 516 g/mol. The molecule has 0 aliphatic carbocycles. The van der Waals surface area contributed by atoms with Crippen LogP contribution in [0.4, 0.5) is 18.9 Å². The highest BCUT2D eigenvalue weighted by atomic mass is 35.5. The SMILES string of the molecule is CCN1CCOc2c(cccc2NCC(=O)N(CCN(C)C)C(C)c2c(C(F)(F)F)n[nH]c2Cl)C1. The largest absolute Gasteiger partial charge is 0.490 e. The van der Waals surface area contributed by atoms with Crippen LogP contribution in [0.2, 0.25) is 5.15 Å². The highest BCUT2D eigenvalue weighted by molar-refractivity contribution is 6.30. The van der Waals surface area contributed by atoms with Crippen molar-refractivity contribution in [2.75, 3.05) is 58.7 Å². The van der Waals surface area contributed by atoms with Crippen molar-refractivity contribution in [3.8, 4) is 5.75 Å². The van der Waals surface area contributed by atoms with Crippen LogP contribution in [0.5, 0.6) is 5.75 Å². The van der Waals surface area contributed by atoms with Gasteiger partial charge in [-0.1, -0.05) is 30.7 Å². The first-order valence-corrected chi connectivity index (χ1v) is 11.9. The number of amides is 1. The van der Waals surface area contributed by atoms with Gasteiger partial charge in [0.25, 0.3) is 0 Å². The maximum atomic E-state index is 13.5. The maximum Gasteiger partial charge on any atom is 0.435 e. The Hall–Kier alpha value is -2.50. The predicted molar refractivity (Wildman–Crippen MR) is 129 cm³/mol. The van der Waals surface area contributed by atoms with Gasteiger partial charge in [-0.15, -0.1) is 0 Å². The zero-order valence-electron chi connectivity index (χ0n) is 20.4. The van der Waals surface area contributed by atoms with Crippen LogP contribution in [-0.2, 0) is 17.5 Å². The molecular formula is C23H32ClF3N6O2. The summed E-state index contributed by atoms with van der Waals surface area (Å²) in [7, 11) is 3.65. The summed E-state index contributed by atoms with van der Waals surface area (Å²) in [5.41, 5.74) is 0.321. The number of H-pyrrole nitrogens is 1. The topological polar surface area (TPSA) is 76.7 Å². The quantitative estimate of drug-likeness (QED) is 0.527. The Labute approximate surface area is 208 Å². The number of rotatable bonds is 9. The maximum absolute atomic E-state index is 13.5. The van der Waals surface area contributed by atoms with Crippen molar-refractivity contribution in [3.63, 3.8) is 0 Å². The molecule has 0 spiro atoms. The molecule has 0 fully saturated rings. The van der Waals surface area contributed by atoms with Crippen molar-refractivity contribution < 1.29 is 22.7 Å². The van der Waals surface area contributed by atoms with E-state index in [0.29, 0.717) is 24.6 Å². The number of benzene rings is 1. The lowest BCUT2D eigenvalue weighted by atomic mass is 10.1. The molecule has 2 aromatic rings. The van der Waals surface area contributed by atoms with E-state index in [4.69, 9.17) is 16.3 Å². The number of nitrogens with one attached hydrogen (secondary N) is 2. The van der Waals surface area contributed by atoms with Crippen LogP contribution in [-0.4, -0.2) is 84.2 Å². The number of anilines is 1. The Morgan fingerprint density at radius 3 is 2.74 bits per heavy atom. The molecule has 194 valence electrons. The minimum Gasteiger partial charge on any atom is -0.490 e. The van der Waals surface area contributed by atoms with Crippen LogP contribution in [0.25, 0.3) is 0 Å². The average Bonchev–Trinajstić information content (AvgIpc) is 3.06. The smallest absolute Gasteiger partial charge is 0.435 e. The third-order valence-electron chi connectivity index (χ3n) is 6.04. The van der Waals surface area contributed by atoms with E-state index in [-0.39, 0.29) is 29.7 Å². The number of hydrogen-bond acceptors (Lipinski definition) is 6. The number of aromatic amines is 1. The van der Waals surface area contributed by atoms with Gasteiger partial charge in [0.15, 0.2) is 5.69 Å². The van der Waals surface area contributed by atoms with Crippen LogP contribution in [0.15, 0.2) is 18.2 Å². The second-order valence-corrected chi connectivity index (χ2v) is 9.11. The van der Waals surface area contributed by atoms with E-state index in [0.717, 1.165) is 25.2 Å². The third kappa shape index (κ3) is 6.59. The summed E-state index contributed by atoms with van der Waals surface area (Å²) in [6.45, 7) is 7.12. The van der Waals surface area contributed by atoms with Crippen LogP contribution in [0.3, 0.4) is 0 Å². The molecule has 0 saturated heterocycles. The number of nitrogens with zero attached hydrogens (tertiary/aromatic N) is 4. The molecule has 1 aromatic heterocycles. The number of hydrogen-bond donors (Lipinski definition) is 2. The molecule has 8 nitrogen and oxygen atoms in total. The van der Waals surface area contributed by atoms with Crippen LogP contribution in [0.1, 0.15) is 36.7 Å². The minimum absolute atomic E-state index is 0.119. The van der Waals surface area contributed by atoms with Crippen LogP contribution >= 0.6 is 11.6 Å². The van der Waals surface area contributed by atoms with Gasteiger partial charge >= 0.3 is 6.18 Å². The lowest BCUT2D eigenvalue weighted by Gasteiger charge is -2.31. The van der Waals surface area contributed by atoms with E-state index in [1.807, 2.05) is 37.2 Å². The molecule has 0 bridgehead atoms. The van der Waals surface area contributed by atoms with Gasteiger partial charge in [0, 0.05) is 37.3 Å². The highest BCUT2D eigenvalue weighted by Gasteiger charge is 2.41. The van der Waals surface area contributed by atoms with Gasteiger partial charge in [-0.05, 0) is 33.6 Å².